The summed E-state index contributed by atoms with van der Waals surface area (Å²) in [6.45, 7) is 0.0305. The Morgan fingerprint density at radius 1 is 1.20 bits per heavy atom. The molecule has 0 amide bonds. The lowest BCUT2D eigenvalue weighted by atomic mass is 10.1. The van der Waals surface area contributed by atoms with E-state index in [1.807, 2.05) is 0 Å². The number of benzene rings is 1. The first-order valence-electron chi connectivity index (χ1n) is 5.83. The Balaban J connectivity index is 2.74. The van der Waals surface area contributed by atoms with E-state index in [9.17, 15) is 21.6 Å². The highest BCUT2D eigenvalue weighted by Crippen LogP contribution is 2.29. The second-order valence-corrected chi connectivity index (χ2v) is 6.88. The van der Waals surface area contributed by atoms with E-state index in [2.05, 4.69) is 0 Å². The highest BCUT2D eigenvalue weighted by molar-refractivity contribution is 7.89. The van der Waals surface area contributed by atoms with Crippen LogP contribution in [0.5, 0.6) is 0 Å². The molecule has 0 aliphatic rings. The van der Waals surface area contributed by atoms with Crippen molar-refractivity contribution < 1.29 is 21.6 Å². The van der Waals surface area contributed by atoms with Gasteiger partial charge in [0.15, 0.2) is 0 Å². The SMILES string of the molecule is CN(Cc1ccc(C(F)(F)F)cc1)S(=O)(=O)CCCCl. The first-order valence-corrected chi connectivity index (χ1v) is 7.97. The molecule has 0 N–H and O–H groups in total. The van der Waals surface area contributed by atoms with E-state index in [4.69, 9.17) is 11.6 Å². The minimum atomic E-state index is -4.39. The smallest absolute Gasteiger partial charge is 0.212 e. The van der Waals surface area contributed by atoms with Gasteiger partial charge in [-0.25, -0.2) is 12.7 Å². The van der Waals surface area contributed by atoms with Crippen LogP contribution in [0.1, 0.15) is 17.5 Å². The van der Waals surface area contributed by atoms with E-state index in [0.717, 1.165) is 16.4 Å². The van der Waals surface area contributed by atoms with Crippen LogP contribution >= 0.6 is 11.6 Å². The molecule has 0 aliphatic heterocycles. The van der Waals surface area contributed by atoms with E-state index < -0.39 is 21.8 Å². The monoisotopic (exact) mass is 329 g/mol. The lowest BCUT2D eigenvalue weighted by Gasteiger charge is -2.17. The molecular weight excluding hydrogens is 315 g/mol. The Hall–Kier alpha value is -0.790. The number of alkyl halides is 4. The average Bonchev–Trinajstić information content (AvgIpc) is 2.36. The van der Waals surface area contributed by atoms with Crippen LogP contribution in [0.25, 0.3) is 0 Å². The minimum absolute atomic E-state index is 0.0305. The van der Waals surface area contributed by atoms with Crippen molar-refractivity contribution in [3.8, 4) is 0 Å². The van der Waals surface area contributed by atoms with Crippen molar-refractivity contribution >= 4 is 21.6 Å². The maximum Gasteiger partial charge on any atom is 0.416 e. The van der Waals surface area contributed by atoms with Crippen LogP contribution in [0.15, 0.2) is 24.3 Å². The second kappa shape index (κ2) is 6.78. The molecule has 1 aromatic rings. The molecule has 0 saturated heterocycles. The fourth-order valence-electron chi connectivity index (χ4n) is 1.55. The molecule has 0 bridgehead atoms. The Morgan fingerprint density at radius 2 is 1.75 bits per heavy atom. The molecule has 0 unspecified atom stereocenters. The van der Waals surface area contributed by atoms with Gasteiger partial charge in [-0.05, 0) is 24.1 Å². The third-order valence-corrected chi connectivity index (χ3v) is 4.85. The molecule has 0 radical (unpaired) electrons. The molecule has 0 spiro atoms. The van der Waals surface area contributed by atoms with Gasteiger partial charge in [0.2, 0.25) is 10.0 Å². The Labute approximate surface area is 121 Å². The van der Waals surface area contributed by atoms with Gasteiger partial charge in [-0.1, -0.05) is 12.1 Å². The van der Waals surface area contributed by atoms with E-state index in [1.54, 1.807) is 0 Å². The predicted octanol–water partition coefficient (Wildman–Crippen LogP) is 3.10. The van der Waals surface area contributed by atoms with Crippen LogP contribution in [0.4, 0.5) is 13.2 Å². The molecule has 0 fully saturated rings. The average molecular weight is 330 g/mol. The molecule has 0 heterocycles. The van der Waals surface area contributed by atoms with E-state index in [0.29, 0.717) is 12.0 Å². The molecule has 0 atom stereocenters. The number of sulfonamides is 1. The van der Waals surface area contributed by atoms with Crippen LogP contribution in [0, 0.1) is 0 Å². The highest BCUT2D eigenvalue weighted by atomic mass is 35.5. The summed E-state index contributed by atoms with van der Waals surface area (Å²) in [6.07, 6.45) is -4.06. The van der Waals surface area contributed by atoms with Crippen LogP contribution in [-0.2, 0) is 22.7 Å². The summed E-state index contributed by atoms with van der Waals surface area (Å²) in [5.41, 5.74) is -0.260. The van der Waals surface area contributed by atoms with Gasteiger partial charge in [-0.15, -0.1) is 11.6 Å². The standard InChI is InChI=1S/C12H15ClF3NO2S/c1-17(20(18,19)8-2-7-13)9-10-3-5-11(6-4-10)12(14,15)16/h3-6H,2,7-9H2,1H3. The Morgan fingerprint density at radius 3 is 2.20 bits per heavy atom. The van der Waals surface area contributed by atoms with Crippen molar-refractivity contribution in [2.45, 2.75) is 19.1 Å². The van der Waals surface area contributed by atoms with Gasteiger partial charge in [0.25, 0.3) is 0 Å². The van der Waals surface area contributed by atoms with Crippen molar-refractivity contribution in [3.63, 3.8) is 0 Å². The first kappa shape index (κ1) is 17.3. The number of halogens is 4. The molecule has 0 saturated carbocycles. The van der Waals surface area contributed by atoms with Crippen molar-refractivity contribution in [1.29, 1.82) is 0 Å². The normalized spacial score (nSPS) is 12.9. The topological polar surface area (TPSA) is 37.4 Å². The molecule has 3 nitrogen and oxygen atoms in total. The van der Waals surface area contributed by atoms with Gasteiger partial charge in [-0.2, -0.15) is 13.2 Å². The zero-order valence-electron chi connectivity index (χ0n) is 10.8. The third kappa shape index (κ3) is 4.96. The molecule has 20 heavy (non-hydrogen) atoms. The second-order valence-electron chi connectivity index (χ2n) is 4.31. The zero-order chi connectivity index (χ0) is 15.4. The third-order valence-electron chi connectivity index (χ3n) is 2.70. The van der Waals surface area contributed by atoms with Crippen molar-refractivity contribution in [2.75, 3.05) is 18.7 Å². The molecule has 114 valence electrons. The predicted molar refractivity (Wildman–Crippen MR) is 72.0 cm³/mol. The van der Waals surface area contributed by atoms with Crippen molar-refractivity contribution in [1.82, 2.24) is 4.31 Å². The van der Waals surface area contributed by atoms with Crippen LogP contribution in [-0.4, -0.2) is 31.4 Å². The fraction of sp³-hybridized carbons (Fsp3) is 0.500. The van der Waals surface area contributed by atoms with E-state index >= 15 is 0 Å². The summed E-state index contributed by atoms with van der Waals surface area (Å²) < 4.78 is 61.9. The summed E-state index contributed by atoms with van der Waals surface area (Å²) in [5.74, 6) is 0.168. The summed E-state index contributed by atoms with van der Waals surface area (Å²) in [4.78, 5) is 0. The van der Waals surface area contributed by atoms with Crippen LogP contribution in [0.2, 0.25) is 0 Å². The Bertz CT molecular complexity index is 529. The number of hydrogen-bond acceptors (Lipinski definition) is 2. The highest BCUT2D eigenvalue weighted by Gasteiger charge is 2.30. The van der Waals surface area contributed by atoms with Gasteiger partial charge >= 0.3 is 6.18 Å². The first-order chi connectivity index (χ1) is 9.16. The van der Waals surface area contributed by atoms with Crippen LogP contribution < -0.4 is 0 Å². The molecule has 1 rings (SSSR count). The van der Waals surface area contributed by atoms with Gasteiger partial charge in [0, 0.05) is 19.5 Å². The number of nitrogens with zero attached hydrogens (tertiary/aromatic N) is 1. The summed E-state index contributed by atoms with van der Waals surface area (Å²) in [7, 11) is -2.04. The van der Waals surface area contributed by atoms with Crippen molar-refractivity contribution in [2.24, 2.45) is 0 Å². The van der Waals surface area contributed by atoms with Gasteiger partial charge < -0.3 is 0 Å². The largest absolute Gasteiger partial charge is 0.416 e. The quantitative estimate of drug-likeness (QED) is 0.752. The van der Waals surface area contributed by atoms with E-state index in [1.165, 1.54) is 19.2 Å². The van der Waals surface area contributed by atoms with Gasteiger partial charge in [0.05, 0.1) is 11.3 Å². The van der Waals surface area contributed by atoms with E-state index in [-0.39, 0.29) is 18.2 Å². The van der Waals surface area contributed by atoms with Gasteiger partial charge in [-0.3, -0.25) is 0 Å². The summed E-state index contributed by atoms with van der Waals surface area (Å²) >= 11 is 5.44. The minimum Gasteiger partial charge on any atom is -0.212 e. The molecule has 0 aliphatic carbocycles. The molecular formula is C12H15ClF3NO2S. The molecule has 0 aromatic heterocycles. The molecule has 8 heteroatoms. The lowest BCUT2D eigenvalue weighted by Crippen LogP contribution is -2.29. The summed E-state index contributed by atoms with van der Waals surface area (Å²) in [5, 5.41) is 0. The lowest BCUT2D eigenvalue weighted by molar-refractivity contribution is -0.137. The van der Waals surface area contributed by atoms with Gasteiger partial charge in [0.1, 0.15) is 0 Å². The Kier molecular flexibility index (Phi) is 5.85. The maximum absolute atomic E-state index is 12.4. The number of rotatable bonds is 6. The zero-order valence-corrected chi connectivity index (χ0v) is 12.4. The maximum atomic E-state index is 12.4. The number of hydrogen-bond donors (Lipinski definition) is 0. The summed E-state index contributed by atoms with van der Waals surface area (Å²) in [6, 6.07) is 4.43. The van der Waals surface area contributed by atoms with Crippen molar-refractivity contribution in [3.05, 3.63) is 35.4 Å². The molecule has 1 aromatic carbocycles. The fourth-order valence-corrected chi connectivity index (χ4v) is 3.01. The van der Waals surface area contributed by atoms with Crippen LogP contribution in [0.3, 0.4) is 0 Å².